The van der Waals surface area contributed by atoms with Crippen molar-refractivity contribution in [2.24, 2.45) is 11.7 Å². The van der Waals surface area contributed by atoms with Crippen LogP contribution in [0.2, 0.25) is 0 Å². The number of rotatable bonds is 6. The van der Waals surface area contributed by atoms with E-state index in [0.717, 1.165) is 12.8 Å². The highest BCUT2D eigenvalue weighted by molar-refractivity contribution is 5.94. The fourth-order valence-corrected chi connectivity index (χ4v) is 2.23. The van der Waals surface area contributed by atoms with Crippen molar-refractivity contribution < 1.29 is 27.4 Å². The van der Waals surface area contributed by atoms with Gasteiger partial charge in [-0.05, 0) is 42.5 Å². The molecule has 0 radical (unpaired) electrons. The Morgan fingerprint density at radius 2 is 1.92 bits per heavy atom. The highest BCUT2D eigenvalue weighted by Crippen LogP contribution is 2.34. The minimum atomic E-state index is -4.76. The number of halogens is 3. The first-order chi connectivity index (χ1) is 11.8. The van der Waals surface area contributed by atoms with Crippen LogP contribution >= 0.6 is 0 Å². The molecule has 0 bridgehead atoms. The van der Waals surface area contributed by atoms with Crippen LogP contribution in [0.1, 0.15) is 23.2 Å². The largest absolute Gasteiger partial charge is 0.573 e. The second kappa shape index (κ2) is 6.62. The number of alkyl halides is 3. The number of hydrogen-bond donors (Lipinski definition) is 1. The lowest BCUT2D eigenvalue weighted by atomic mass is 10.0. The summed E-state index contributed by atoms with van der Waals surface area (Å²) < 4.78 is 46.3. The number of hydrogen-bond acceptors (Lipinski definition) is 4. The average Bonchev–Trinajstić information content (AvgIpc) is 3.36. The predicted molar refractivity (Wildman–Crippen MR) is 83.1 cm³/mol. The average molecular weight is 352 g/mol. The lowest BCUT2D eigenvalue weighted by molar-refractivity contribution is -0.274. The van der Waals surface area contributed by atoms with E-state index in [9.17, 15) is 18.0 Å². The zero-order chi connectivity index (χ0) is 18.0. The van der Waals surface area contributed by atoms with Crippen LogP contribution < -0.4 is 15.2 Å². The number of aromatic nitrogens is 1. The molecule has 5 nitrogen and oxygen atoms in total. The number of primary amides is 1. The summed E-state index contributed by atoms with van der Waals surface area (Å²) in [6.45, 7) is 0.505. The van der Waals surface area contributed by atoms with Crippen molar-refractivity contribution in [3.05, 3.63) is 42.1 Å². The third-order valence-corrected chi connectivity index (χ3v) is 3.69. The van der Waals surface area contributed by atoms with Crippen LogP contribution in [0.5, 0.6) is 11.6 Å². The zero-order valence-corrected chi connectivity index (χ0v) is 13.0. The molecular formula is C17H15F3N2O3. The van der Waals surface area contributed by atoms with Gasteiger partial charge >= 0.3 is 6.36 Å². The Morgan fingerprint density at radius 3 is 2.48 bits per heavy atom. The van der Waals surface area contributed by atoms with E-state index in [-0.39, 0.29) is 11.3 Å². The molecule has 1 heterocycles. The molecule has 1 saturated carbocycles. The monoisotopic (exact) mass is 352 g/mol. The van der Waals surface area contributed by atoms with E-state index < -0.39 is 12.3 Å². The van der Waals surface area contributed by atoms with Crippen LogP contribution in [0.25, 0.3) is 11.1 Å². The summed E-state index contributed by atoms with van der Waals surface area (Å²) >= 11 is 0. The van der Waals surface area contributed by atoms with E-state index in [1.54, 1.807) is 0 Å². The van der Waals surface area contributed by atoms with Crippen molar-refractivity contribution in [3.8, 4) is 22.8 Å². The normalized spacial score (nSPS) is 14.2. The van der Waals surface area contributed by atoms with Crippen molar-refractivity contribution in [2.75, 3.05) is 6.61 Å². The molecule has 0 spiro atoms. The summed E-state index contributed by atoms with van der Waals surface area (Å²) in [4.78, 5) is 15.5. The lowest BCUT2D eigenvalue weighted by Crippen LogP contribution is -2.17. The number of nitrogens with zero attached hydrogens (tertiary/aromatic N) is 1. The number of carbonyl (C=O) groups excluding carboxylic acids is 1. The Hall–Kier alpha value is -2.77. The molecule has 2 N–H and O–H groups in total. The third-order valence-electron chi connectivity index (χ3n) is 3.69. The Bertz CT molecular complexity index is 772. The van der Waals surface area contributed by atoms with Gasteiger partial charge in [0.1, 0.15) is 5.75 Å². The molecule has 1 aromatic carbocycles. The first-order valence-electron chi connectivity index (χ1n) is 7.60. The van der Waals surface area contributed by atoms with Gasteiger partial charge in [-0.1, -0.05) is 12.1 Å². The lowest BCUT2D eigenvalue weighted by Gasteiger charge is -2.13. The number of nitrogens with two attached hydrogens (primary N) is 1. The third kappa shape index (κ3) is 4.62. The summed E-state index contributed by atoms with van der Waals surface area (Å²) in [5, 5.41) is 0. The molecule has 132 valence electrons. The number of ether oxygens (including phenoxy) is 2. The fraction of sp³-hybridized carbons (Fsp3) is 0.294. The molecule has 1 aliphatic rings. The van der Waals surface area contributed by atoms with Gasteiger partial charge in [-0.2, -0.15) is 0 Å². The van der Waals surface area contributed by atoms with Gasteiger partial charge in [0.25, 0.3) is 0 Å². The topological polar surface area (TPSA) is 74.4 Å². The number of amides is 1. The highest BCUT2D eigenvalue weighted by atomic mass is 19.4. The van der Waals surface area contributed by atoms with Gasteiger partial charge in [-0.3, -0.25) is 4.79 Å². The molecule has 25 heavy (non-hydrogen) atoms. The van der Waals surface area contributed by atoms with Crippen LogP contribution in [0, 0.1) is 5.92 Å². The first kappa shape index (κ1) is 17.1. The maximum atomic E-state index is 12.2. The van der Waals surface area contributed by atoms with Crippen LogP contribution in [0.15, 0.2) is 36.5 Å². The molecule has 0 unspecified atom stereocenters. The maximum absolute atomic E-state index is 12.2. The van der Waals surface area contributed by atoms with Crippen LogP contribution in [-0.4, -0.2) is 23.9 Å². The van der Waals surface area contributed by atoms with Gasteiger partial charge in [0, 0.05) is 11.8 Å². The molecule has 1 aromatic heterocycles. The van der Waals surface area contributed by atoms with Gasteiger partial charge < -0.3 is 15.2 Å². The standard InChI is InChI=1S/C17H15F3N2O3/c18-17(19,20)25-13-5-3-11(4-6-13)14-7-12(15(21)23)8-22-16(14)24-9-10-1-2-10/h3-8,10H,1-2,9H2,(H2,21,23). The summed E-state index contributed by atoms with van der Waals surface area (Å²) in [7, 11) is 0. The van der Waals surface area contributed by atoms with Gasteiger partial charge in [-0.15, -0.1) is 13.2 Å². The molecular weight excluding hydrogens is 337 g/mol. The molecule has 1 amide bonds. The first-order valence-corrected chi connectivity index (χ1v) is 7.60. The van der Waals surface area contributed by atoms with E-state index in [0.29, 0.717) is 29.5 Å². The molecule has 0 aliphatic heterocycles. The number of benzene rings is 1. The quantitative estimate of drug-likeness (QED) is 0.863. The SMILES string of the molecule is NC(=O)c1cnc(OCC2CC2)c(-c2ccc(OC(F)(F)F)cc2)c1. The minimum absolute atomic E-state index is 0.185. The van der Waals surface area contributed by atoms with Gasteiger partial charge in [-0.25, -0.2) is 4.98 Å². The van der Waals surface area contributed by atoms with Crippen molar-refractivity contribution >= 4 is 5.91 Å². The minimum Gasteiger partial charge on any atom is -0.477 e. The maximum Gasteiger partial charge on any atom is 0.573 e. The molecule has 3 rings (SSSR count). The van der Waals surface area contributed by atoms with Crippen molar-refractivity contribution in [3.63, 3.8) is 0 Å². The molecule has 1 fully saturated rings. The Morgan fingerprint density at radius 1 is 1.24 bits per heavy atom. The van der Waals surface area contributed by atoms with E-state index in [2.05, 4.69) is 9.72 Å². The van der Waals surface area contributed by atoms with Crippen LogP contribution in [0.4, 0.5) is 13.2 Å². The predicted octanol–water partition coefficient (Wildman–Crippen LogP) is 3.53. The van der Waals surface area contributed by atoms with Gasteiger partial charge in [0.2, 0.25) is 11.8 Å². The number of carbonyl (C=O) groups is 1. The highest BCUT2D eigenvalue weighted by Gasteiger charge is 2.31. The summed E-state index contributed by atoms with van der Waals surface area (Å²) in [5.74, 6) is -0.190. The van der Waals surface area contributed by atoms with E-state index in [1.807, 2.05) is 0 Å². The Kier molecular flexibility index (Phi) is 4.52. The van der Waals surface area contributed by atoms with Crippen LogP contribution in [-0.2, 0) is 0 Å². The van der Waals surface area contributed by atoms with Gasteiger partial charge in [0.15, 0.2) is 0 Å². The van der Waals surface area contributed by atoms with E-state index >= 15 is 0 Å². The van der Waals surface area contributed by atoms with Crippen molar-refractivity contribution in [1.29, 1.82) is 0 Å². The molecule has 1 aliphatic carbocycles. The van der Waals surface area contributed by atoms with E-state index in [1.165, 1.54) is 36.5 Å². The second-order valence-electron chi connectivity index (χ2n) is 5.77. The second-order valence-corrected chi connectivity index (χ2v) is 5.77. The molecule has 2 aromatic rings. The fourth-order valence-electron chi connectivity index (χ4n) is 2.23. The van der Waals surface area contributed by atoms with Crippen molar-refractivity contribution in [1.82, 2.24) is 4.98 Å². The zero-order valence-electron chi connectivity index (χ0n) is 13.0. The summed E-state index contributed by atoms with van der Waals surface area (Å²) in [5.41, 5.74) is 6.48. The number of pyridine rings is 1. The smallest absolute Gasteiger partial charge is 0.477 e. The van der Waals surface area contributed by atoms with Crippen molar-refractivity contribution in [2.45, 2.75) is 19.2 Å². The molecule has 0 saturated heterocycles. The Balaban J connectivity index is 1.89. The molecule has 8 heteroatoms. The summed E-state index contributed by atoms with van der Waals surface area (Å²) in [6, 6.07) is 6.76. The van der Waals surface area contributed by atoms with Gasteiger partial charge in [0.05, 0.1) is 12.2 Å². The molecule has 0 atom stereocenters. The summed E-state index contributed by atoms with van der Waals surface area (Å²) in [6.07, 6.45) is -1.25. The Labute approximate surface area is 141 Å². The van der Waals surface area contributed by atoms with E-state index in [4.69, 9.17) is 10.5 Å². The van der Waals surface area contributed by atoms with Crippen LogP contribution in [0.3, 0.4) is 0 Å².